The summed E-state index contributed by atoms with van der Waals surface area (Å²) in [6.45, 7) is 2.05. The fourth-order valence-corrected chi connectivity index (χ4v) is 3.21. The van der Waals surface area contributed by atoms with Gasteiger partial charge < -0.3 is 9.09 Å². The molecule has 0 saturated carbocycles. The molecule has 0 aliphatic carbocycles. The Morgan fingerprint density at radius 3 is 2.50 bits per heavy atom. The highest BCUT2D eigenvalue weighted by Crippen LogP contribution is 2.32. The number of rotatable bonds is 2. The van der Waals surface area contributed by atoms with Gasteiger partial charge in [0.2, 0.25) is 0 Å². The minimum atomic E-state index is 0.663. The van der Waals surface area contributed by atoms with Crippen molar-refractivity contribution in [3.8, 4) is 22.8 Å². The number of hydrogen-bond acceptors (Lipinski definition) is 5. The van der Waals surface area contributed by atoms with Crippen molar-refractivity contribution in [1.82, 2.24) is 24.9 Å². The first kappa shape index (κ1) is 14.8. The average Bonchev–Trinajstić information content (AvgIpc) is 3.28. The van der Waals surface area contributed by atoms with E-state index in [1.165, 1.54) is 5.56 Å². The van der Waals surface area contributed by atoms with Crippen molar-refractivity contribution in [1.29, 1.82) is 0 Å². The highest BCUT2D eigenvalue weighted by molar-refractivity contribution is 5.98. The van der Waals surface area contributed by atoms with Gasteiger partial charge in [-0.2, -0.15) is 0 Å². The van der Waals surface area contributed by atoms with Gasteiger partial charge in [-0.1, -0.05) is 47.1 Å². The van der Waals surface area contributed by atoms with Crippen LogP contribution in [0.3, 0.4) is 0 Å². The van der Waals surface area contributed by atoms with Gasteiger partial charge in [-0.3, -0.25) is 0 Å². The number of para-hydroxylation sites is 2. The third-order valence-corrected chi connectivity index (χ3v) is 4.62. The number of aryl methyl sites for hydroxylation is 2. The lowest BCUT2D eigenvalue weighted by Gasteiger charge is -2.05. The number of hydrogen-bond donors (Lipinski definition) is 0. The van der Waals surface area contributed by atoms with Crippen LogP contribution in [-0.4, -0.2) is 24.9 Å². The monoisotopic (exact) mass is 341 g/mol. The first-order chi connectivity index (χ1) is 12.7. The summed E-state index contributed by atoms with van der Waals surface area (Å²) in [6.07, 6.45) is 1.61. The van der Waals surface area contributed by atoms with Gasteiger partial charge in [-0.15, -0.1) is 10.2 Å². The van der Waals surface area contributed by atoms with E-state index in [0.29, 0.717) is 16.9 Å². The molecule has 3 aromatic heterocycles. The zero-order chi connectivity index (χ0) is 17.7. The van der Waals surface area contributed by atoms with Crippen LogP contribution in [0.1, 0.15) is 5.56 Å². The van der Waals surface area contributed by atoms with Gasteiger partial charge in [0, 0.05) is 12.6 Å². The third-order valence-electron chi connectivity index (χ3n) is 4.62. The van der Waals surface area contributed by atoms with Crippen molar-refractivity contribution in [2.45, 2.75) is 6.92 Å². The highest BCUT2D eigenvalue weighted by Gasteiger charge is 2.19. The summed E-state index contributed by atoms with van der Waals surface area (Å²) in [7, 11) is 1.97. The Morgan fingerprint density at radius 2 is 1.69 bits per heavy atom. The van der Waals surface area contributed by atoms with Gasteiger partial charge in [0.15, 0.2) is 5.82 Å². The van der Waals surface area contributed by atoms with Crippen LogP contribution in [0.5, 0.6) is 0 Å². The van der Waals surface area contributed by atoms with Crippen LogP contribution in [-0.2, 0) is 7.05 Å². The van der Waals surface area contributed by atoms with Gasteiger partial charge >= 0.3 is 0 Å². The largest absolute Gasteiger partial charge is 0.363 e. The maximum absolute atomic E-state index is 5.26. The van der Waals surface area contributed by atoms with Crippen LogP contribution >= 0.6 is 0 Å². The van der Waals surface area contributed by atoms with Crippen LogP contribution in [0.25, 0.3) is 44.7 Å². The molecular weight excluding hydrogens is 326 g/mol. The summed E-state index contributed by atoms with van der Waals surface area (Å²) in [6, 6.07) is 16.1. The Balaban J connectivity index is 1.75. The van der Waals surface area contributed by atoms with Crippen LogP contribution in [0, 0.1) is 6.92 Å². The van der Waals surface area contributed by atoms with E-state index in [1.807, 2.05) is 60.1 Å². The van der Waals surface area contributed by atoms with Crippen molar-refractivity contribution in [3.05, 3.63) is 60.4 Å². The molecule has 126 valence electrons. The zero-order valence-corrected chi connectivity index (χ0v) is 14.3. The number of aromatic nitrogens is 5. The van der Waals surface area contributed by atoms with Crippen molar-refractivity contribution < 1.29 is 4.52 Å². The van der Waals surface area contributed by atoms with Crippen molar-refractivity contribution in [2.24, 2.45) is 7.05 Å². The molecule has 0 aliphatic rings. The van der Waals surface area contributed by atoms with Gasteiger partial charge in [-0.25, -0.2) is 4.98 Å². The van der Waals surface area contributed by atoms with Gasteiger partial charge in [0.25, 0.3) is 0 Å². The molecule has 0 spiro atoms. The van der Waals surface area contributed by atoms with Gasteiger partial charge in [0.1, 0.15) is 23.2 Å². The minimum absolute atomic E-state index is 0.663. The molecule has 5 aromatic rings. The van der Waals surface area contributed by atoms with Crippen molar-refractivity contribution in [3.63, 3.8) is 0 Å². The summed E-state index contributed by atoms with van der Waals surface area (Å²) in [5, 5.41) is 13.9. The van der Waals surface area contributed by atoms with Crippen LogP contribution in [0.4, 0.5) is 0 Å². The molecule has 0 saturated heterocycles. The number of imidazole rings is 1. The van der Waals surface area contributed by atoms with Crippen LogP contribution in [0.2, 0.25) is 0 Å². The van der Waals surface area contributed by atoms with Gasteiger partial charge in [0.05, 0.1) is 16.4 Å². The quantitative estimate of drug-likeness (QED) is 0.482. The first-order valence-corrected chi connectivity index (χ1v) is 8.32. The predicted molar refractivity (Wildman–Crippen MR) is 99.5 cm³/mol. The van der Waals surface area contributed by atoms with Crippen LogP contribution < -0.4 is 0 Å². The van der Waals surface area contributed by atoms with E-state index in [9.17, 15) is 0 Å². The fraction of sp³-hybridized carbons (Fsp3) is 0.100. The molecule has 6 nitrogen and oxygen atoms in total. The molecule has 0 unspecified atom stereocenters. The summed E-state index contributed by atoms with van der Waals surface area (Å²) in [5.41, 5.74) is 6.15. The molecule has 0 N–H and O–H groups in total. The molecule has 6 heteroatoms. The van der Waals surface area contributed by atoms with Crippen molar-refractivity contribution >= 4 is 21.9 Å². The molecule has 0 radical (unpaired) electrons. The Morgan fingerprint density at radius 1 is 0.923 bits per heavy atom. The molecule has 5 rings (SSSR count). The molecular formula is C20H15N5O. The van der Waals surface area contributed by atoms with E-state index in [-0.39, 0.29) is 0 Å². The molecule has 0 bridgehead atoms. The Kier molecular flexibility index (Phi) is 3.12. The average molecular weight is 341 g/mol. The van der Waals surface area contributed by atoms with Gasteiger partial charge in [-0.05, 0) is 19.1 Å². The summed E-state index contributed by atoms with van der Waals surface area (Å²) in [5.74, 6) is 0.738. The molecule has 0 aliphatic heterocycles. The second-order valence-corrected chi connectivity index (χ2v) is 6.32. The Labute approximate surface area is 149 Å². The van der Waals surface area contributed by atoms with E-state index in [4.69, 9.17) is 9.51 Å². The Hall–Kier alpha value is -3.54. The minimum Gasteiger partial charge on any atom is -0.363 e. The Bertz CT molecular complexity index is 1250. The summed E-state index contributed by atoms with van der Waals surface area (Å²) >= 11 is 0. The fourth-order valence-electron chi connectivity index (χ4n) is 3.21. The third kappa shape index (κ3) is 2.12. The molecule has 2 aromatic carbocycles. The van der Waals surface area contributed by atoms with Crippen LogP contribution in [0.15, 0.2) is 59.3 Å². The zero-order valence-electron chi connectivity index (χ0n) is 14.3. The lowest BCUT2D eigenvalue weighted by atomic mass is 10.1. The molecule has 0 fully saturated rings. The van der Waals surface area contributed by atoms with E-state index in [2.05, 4.69) is 22.3 Å². The predicted octanol–water partition coefficient (Wildman–Crippen LogP) is 4.15. The van der Waals surface area contributed by atoms with E-state index in [0.717, 1.165) is 27.8 Å². The number of nitrogens with zero attached hydrogens (tertiary/aromatic N) is 5. The van der Waals surface area contributed by atoms with E-state index in [1.54, 1.807) is 6.26 Å². The standard InChI is InChI=1S/C20H15N5O/c1-12-7-9-13(10-8-12)17-18-14(11-26-24-18)19(23-22-17)20-21-15-5-3-4-6-16(15)25(20)2/h3-11H,1-2H3. The lowest BCUT2D eigenvalue weighted by molar-refractivity contribution is 0.428. The second-order valence-electron chi connectivity index (χ2n) is 6.32. The molecule has 26 heavy (non-hydrogen) atoms. The van der Waals surface area contributed by atoms with E-state index >= 15 is 0 Å². The van der Waals surface area contributed by atoms with Crippen molar-refractivity contribution in [2.75, 3.05) is 0 Å². The number of fused-ring (bicyclic) bond motifs is 2. The van der Waals surface area contributed by atoms with E-state index < -0.39 is 0 Å². The summed E-state index contributed by atoms with van der Waals surface area (Å²) in [4.78, 5) is 4.72. The molecule has 0 atom stereocenters. The highest BCUT2D eigenvalue weighted by atomic mass is 16.5. The first-order valence-electron chi connectivity index (χ1n) is 8.32. The smallest absolute Gasteiger partial charge is 0.162 e. The maximum atomic E-state index is 5.26. The maximum Gasteiger partial charge on any atom is 0.162 e. The lowest BCUT2D eigenvalue weighted by Crippen LogP contribution is -1.99. The summed E-state index contributed by atoms with van der Waals surface area (Å²) < 4.78 is 7.27. The second kappa shape index (κ2) is 5.49. The molecule has 0 amide bonds. The topological polar surface area (TPSA) is 69.6 Å². The molecule has 3 heterocycles. The normalized spacial score (nSPS) is 11.5. The SMILES string of the molecule is Cc1ccc(-c2nnc(-c3nc4ccccc4n3C)c3conc23)cc1. The number of benzene rings is 2.